The number of rotatable bonds is 7. The average Bonchev–Trinajstić information content (AvgIpc) is 3.38. The third-order valence-electron chi connectivity index (χ3n) is 4.88. The molecule has 0 spiro atoms. The van der Waals surface area contributed by atoms with E-state index in [1.807, 2.05) is 12.1 Å². The Kier molecular flexibility index (Phi) is 6.68. The molecule has 2 N–H and O–H groups in total. The van der Waals surface area contributed by atoms with Crippen molar-refractivity contribution in [1.29, 1.82) is 0 Å². The third-order valence-corrected chi connectivity index (χ3v) is 4.88. The van der Waals surface area contributed by atoms with E-state index in [-0.39, 0.29) is 29.8 Å². The van der Waals surface area contributed by atoms with Gasteiger partial charge in [0.1, 0.15) is 5.82 Å². The van der Waals surface area contributed by atoms with Crippen LogP contribution in [-0.4, -0.2) is 25.6 Å². The summed E-state index contributed by atoms with van der Waals surface area (Å²) in [6.45, 7) is 4.56. The second-order valence-corrected chi connectivity index (χ2v) is 6.60. The van der Waals surface area contributed by atoms with Gasteiger partial charge in [-0.1, -0.05) is 18.2 Å². The lowest BCUT2D eigenvalue weighted by Gasteiger charge is -2.15. The van der Waals surface area contributed by atoms with E-state index in [1.54, 1.807) is 6.07 Å². The van der Waals surface area contributed by atoms with Crippen molar-refractivity contribution in [3.63, 3.8) is 0 Å². The molecule has 0 aromatic heterocycles. The van der Waals surface area contributed by atoms with E-state index in [2.05, 4.69) is 17.6 Å². The molecule has 0 atom stereocenters. The first-order valence-electron chi connectivity index (χ1n) is 8.49. The quantitative estimate of drug-likeness (QED) is 0.392. The molecule has 2 fully saturated rings. The lowest BCUT2D eigenvalue weighted by Crippen LogP contribution is -2.39. The summed E-state index contributed by atoms with van der Waals surface area (Å²) in [7, 11) is 0. The lowest BCUT2D eigenvalue weighted by molar-refractivity contribution is 0.452. The summed E-state index contributed by atoms with van der Waals surface area (Å²) < 4.78 is 13.6. The van der Waals surface area contributed by atoms with E-state index in [1.165, 1.54) is 31.7 Å². The minimum absolute atomic E-state index is 0. The van der Waals surface area contributed by atoms with Gasteiger partial charge in [-0.25, -0.2) is 4.39 Å². The zero-order chi connectivity index (χ0) is 15.4. The minimum atomic E-state index is -0.128. The Labute approximate surface area is 155 Å². The summed E-state index contributed by atoms with van der Waals surface area (Å²) in [5, 5.41) is 6.62. The molecule has 3 nitrogen and oxygen atoms in total. The van der Waals surface area contributed by atoms with Gasteiger partial charge in [-0.05, 0) is 62.0 Å². The van der Waals surface area contributed by atoms with E-state index in [0.717, 1.165) is 30.5 Å². The van der Waals surface area contributed by atoms with Gasteiger partial charge in [0.2, 0.25) is 0 Å². The molecular formula is C18H27FIN3. The van der Waals surface area contributed by atoms with E-state index < -0.39 is 0 Å². The molecule has 128 valence electrons. The molecule has 0 amide bonds. The highest BCUT2D eigenvalue weighted by atomic mass is 127. The molecule has 23 heavy (non-hydrogen) atoms. The summed E-state index contributed by atoms with van der Waals surface area (Å²) >= 11 is 0. The fraction of sp³-hybridized carbons (Fsp3) is 0.611. The van der Waals surface area contributed by atoms with Crippen LogP contribution in [0.5, 0.6) is 0 Å². The number of aliphatic imine (C=N–C) groups is 1. The molecule has 0 unspecified atom stereocenters. The molecular weight excluding hydrogens is 404 g/mol. The number of hydrogen-bond acceptors (Lipinski definition) is 1. The van der Waals surface area contributed by atoms with Crippen LogP contribution >= 0.6 is 24.0 Å². The maximum Gasteiger partial charge on any atom is 0.191 e. The Bertz CT molecular complexity index is 539. The van der Waals surface area contributed by atoms with Crippen LogP contribution in [0.25, 0.3) is 0 Å². The highest BCUT2D eigenvalue weighted by Gasteiger charge is 2.53. The monoisotopic (exact) mass is 431 g/mol. The molecule has 1 aromatic rings. The van der Waals surface area contributed by atoms with E-state index in [4.69, 9.17) is 4.99 Å². The molecule has 5 heteroatoms. The summed E-state index contributed by atoms with van der Waals surface area (Å²) in [6, 6.07) is 6.96. The maximum atomic E-state index is 13.6. The van der Waals surface area contributed by atoms with Gasteiger partial charge in [0, 0.05) is 19.6 Å². The van der Waals surface area contributed by atoms with Gasteiger partial charge >= 0.3 is 0 Å². The van der Waals surface area contributed by atoms with Crippen molar-refractivity contribution in [3.8, 4) is 0 Å². The smallest absolute Gasteiger partial charge is 0.191 e. The van der Waals surface area contributed by atoms with Crippen LogP contribution in [-0.2, 0) is 6.42 Å². The van der Waals surface area contributed by atoms with Crippen LogP contribution in [0, 0.1) is 17.2 Å². The number of nitrogens with zero attached hydrogens (tertiary/aromatic N) is 1. The third kappa shape index (κ3) is 5.06. The minimum Gasteiger partial charge on any atom is -0.357 e. The molecule has 0 aliphatic heterocycles. The van der Waals surface area contributed by atoms with Gasteiger partial charge in [0.15, 0.2) is 5.96 Å². The van der Waals surface area contributed by atoms with Crippen LogP contribution in [0.3, 0.4) is 0 Å². The SMILES string of the molecule is CCNC(=NCC1(C2CC2)CC1)NCCc1ccccc1F.I. The first kappa shape index (κ1) is 18.5. The topological polar surface area (TPSA) is 36.4 Å². The maximum absolute atomic E-state index is 13.6. The predicted molar refractivity (Wildman–Crippen MR) is 104 cm³/mol. The molecule has 0 radical (unpaired) electrons. The van der Waals surface area contributed by atoms with Crippen LogP contribution in [0.4, 0.5) is 4.39 Å². The summed E-state index contributed by atoms with van der Waals surface area (Å²) in [4.78, 5) is 4.76. The molecule has 0 bridgehead atoms. The Morgan fingerprint density at radius 3 is 2.61 bits per heavy atom. The fourth-order valence-corrected chi connectivity index (χ4v) is 3.15. The van der Waals surface area contributed by atoms with Gasteiger partial charge in [-0.15, -0.1) is 24.0 Å². The Morgan fingerprint density at radius 1 is 1.26 bits per heavy atom. The highest BCUT2D eigenvalue weighted by Crippen LogP contribution is 2.61. The summed E-state index contributed by atoms with van der Waals surface area (Å²) in [5.41, 5.74) is 1.27. The van der Waals surface area contributed by atoms with Crippen molar-refractivity contribution in [3.05, 3.63) is 35.6 Å². The predicted octanol–water partition coefficient (Wildman–Crippen LogP) is 3.73. The van der Waals surface area contributed by atoms with Crippen LogP contribution < -0.4 is 10.6 Å². The zero-order valence-corrected chi connectivity index (χ0v) is 16.1. The molecule has 1 aromatic carbocycles. The van der Waals surface area contributed by atoms with Crippen LogP contribution in [0.1, 0.15) is 38.2 Å². The number of hydrogen-bond donors (Lipinski definition) is 2. The van der Waals surface area contributed by atoms with Crippen molar-refractivity contribution in [2.24, 2.45) is 16.3 Å². The number of guanidine groups is 1. The molecule has 0 heterocycles. The lowest BCUT2D eigenvalue weighted by atomic mass is 10.0. The van der Waals surface area contributed by atoms with Gasteiger partial charge in [0.25, 0.3) is 0 Å². The number of nitrogens with one attached hydrogen (secondary N) is 2. The van der Waals surface area contributed by atoms with Gasteiger partial charge in [-0.3, -0.25) is 4.99 Å². The van der Waals surface area contributed by atoms with Crippen LogP contribution in [0.2, 0.25) is 0 Å². The van der Waals surface area contributed by atoms with Crippen molar-refractivity contribution in [2.45, 2.75) is 39.0 Å². The van der Waals surface area contributed by atoms with E-state index in [0.29, 0.717) is 18.4 Å². The Balaban J connectivity index is 0.00000192. The number of benzene rings is 1. The van der Waals surface area contributed by atoms with E-state index in [9.17, 15) is 4.39 Å². The molecule has 2 saturated carbocycles. The molecule has 2 aliphatic carbocycles. The second-order valence-electron chi connectivity index (χ2n) is 6.60. The second kappa shape index (κ2) is 8.31. The van der Waals surface area contributed by atoms with Crippen molar-refractivity contribution < 1.29 is 4.39 Å². The van der Waals surface area contributed by atoms with Crippen LogP contribution in [0.15, 0.2) is 29.3 Å². The first-order chi connectivity index (χ1) is 10.7. The molecule has 0 saturated heterocycles. The molecule has 3 rings (SSSR count). The number of halogens is 2. The highest BCUT2D eigenvalue weighted by molar-refractivity contribution is 14.0. The normalized spacial score (nSPS) is 19.0. The fourth-order valence-electron chi connectivity index (χ4n) is 3.15. The van der Waals surface area contributed by atoms with Gasteiger partial charge in [-0.2, -0.15) is 0 Å². The van der Waals surface area contributed by atoms with Gasteiger partial charge < -0.3 is 10.6 Å². The Hall–Kier alpha value is -0.850. The summed E-state index contributed by atoms with van der Waals surface area (Å²) in [5.74, 6) is 1.67. The van der Waals surface area contributed by atoms with E-state index >= 15 is 0 Å². The van der Waals surface area contributed by atoms with Crippen molar-refractivity contribution >= 4 is 29.9 Å². The largest absolute Gasteiger partial charge is 0.357 e. The standard InChI is InChI=1S/C18H26FN3.HI/c1-2-20-17(22-13-18(10-11-18)15-7-8-15)21-12-9-14-5-3-4-6-16(14)19;/h3-6,15H,2,7-13H2,1H3,(H2,20,21,22);1H. The Morgan fingerprint density at radius 2 is 2.00 bits per heavy atom. The average molecular weight is 431 g/mol. The molecule has 2 aliphatic rings. The van der Waals surface area contributed by atoms with Gasteiger partial charge in [0.05, 0.1) is 0 Å². The van der Waals surface area contributed by atoms with Crippen molar-refractivity contribution in [1.82, 2.24) is 10.6 Å². The summed E-state index contributed by atoms with van der Waals surface area (Å²) in [6.07, 6.45) is 6.15. The zero-order valence-electron chi connectivity index (χ0n) is 13.8. The first-order valence-corrected chi connectivity index (χ1v) is 8.49. The van der Waals surface area contributed by atoms with Crippen molar-refractivity contribution in [2.75, 3.05) is 19.6 Å².